The first-order valence-electron chi connectivity index (χ1n) is 9.88. The van der Waals surface area contributed by atoms with E-state index in [0.29, 0.717) is 24.4 Å². The fraction of sp³-hybridized carbons (Fsp3) is 0.429. The van der Waals surface area contributed by atoms with Gasteiger partial charge in [0.15, 0.2) is 0 Å². The van der Waals surface area contributed by atoms with Gasteiger partial charge < -0.3 is 29.8 Å². The van der Waals surface area contributed by atoms with Crippen molar-refractivity contribution in [1.29, 1.82) is 0 Å². The normalized spacial score (nSPS) is 16.5. The van der Waals surface area contributed by atoms with E-state index < -0.39 is 5.97 Å². The molecular formula is C21H26N4O4S. The van der Waals surface area contributed by atoms with Crippen molar-refractivity contribution in [3.63, 3.8) is 0 Å². The number of rotatable bonds is 7. The number of methoxy groups -OCH3 is 2. The predicted molar refractivity (Wildman–Crippen MR) is 118 cm³/mol. The van der Waals surface area contributed by atoms with Crippen molar-refractivity contribution < 1.29 is 19.4 Å². The largest absolute Gasteiger partial charge is 0.465 e. The van der Waals surface area contributed by atoms with Gasteiger partial charge in [-0.2, -0.15) is 0 Å². The molecule has 0 spiro atoms. The number of carbonyl (C=O) groups is 1. The van der Waals surface area contributed by atoms with E-state index in [4.69, 9.17) is 15.2 Å². The van der Waals surface area contributed by atoms with Gasteiger partial charge >= 0.3 is 5.97 Å². The summed E-state index contributed by atoms with van der Waals surface area (Å²) in [5, 5.41) is 10.3. The van der Waals surface area contributed by atoms with Gasteiger partial charge in [0, 0.05) is 39.3 Å². The van der Waals surface area contributed by atoms with Crippen molar-refractivity contribution in [3.8, 4) is 10.4 Å². The Morgan fingerprint density at radius 3 is 2.93 bits per heavy atom. The molecule has 4 rings (SSSR count). The van der Waals surface area contributed by atoms with Crippen molar-refractivity contribution >= 4 is 39.0 Å². The molecule has 1 saturated heterocycles. The Labute approximate surface area is 178 Å². The van der Waals surface area contributed by atoms with E-state index in [0.717, 1.165) is 46.0 Å². The lowest BCUT2D eigenvalue weighted by molar-refractivity contribution is 0.0603. The van der Waals surface area contributed by atoms with Crippen LogP contribution < -0.4 is 10.6 Å². The van der Waals surface area contributed by atoms with Crippen LogP contribution >= 0.6 is 11.3 Å². The zero-order valence-electron chi connectivity index (χ0n) is 17.1. The maximum atomic E-state index is 12.5. The van der Waals surface area contributed by atoms with E-state index in [1.807, 2.05) is 22.8 Å². The van der Waals surface area contributed by atoms with Gasteiger partial charge in [-0.05, 0) is 24.1 Å². The van der Waals surface area contributed by atoms with E-state index in [9.17, 15) is 9.90 Å². The lowest BCUT2D eigenvalue weighted by Gasteiger charge is -2.17. The predicted octanol–water partition coefficient (Wildman–Crippen LogP) is 2.60. The Hall–Kier alpha value is -2.62. The zero-order chi connectivity index (χ0) is 21.3. The first kappa shape index (κ1) is 20.6. The molecule has 3 N–H and O–H groups in total. The number of aliphatic hydroxyl groups excluding tert-OH is 1. The number of anilines is 2. The standard InChI is InChI=1S/C21H26N4O4S/c1-28-8-7-25-12-23-15-9-14(3-4-16(15)25)19-18(22)17(21(27)29-2)20(30-19)24-6-5-13(10-24)11-26/h3-4,9,12-13,26H,5-8,10-11,22H2,1-2H3. The molecule has 1 aromatic carbocycles. The van der Waals surface area contributed by atoms with Crippen molar-refractivity contribution in [3.05, 3.63) is 30.1 Å². The first-order valence-corrected chi connectivity index (χ1v) is 10.7. The number of nitrogen functional groups attached to an aromatic ring is 1. The summed E-state index contributed by atoms with van der Waals surface area (Å²) in [5.74, 6) is -0.239. The second kappa shape index (κ2) is 8.63. The fourth-order valence-electron chi connectivity index (χ4n) is 3.91. The van der Waals surface area contributed by atoms with Crippen molar-refractivity contribution in [2.75, 3.05) is 51.2 Å². The summed E-state index contributed by atoms with van der Waals surface area (Å²) in [6.07, 6.45) is 2.69. The summed E-state index contributed by atoms with van der Waals surface area (Å²) in [4.78, 5) is 20.0. The molecule has 30 heavy (non-hydrogen) atoms. The summed E-state index contributed by atoms with van der Waals surface area (Å²) in [6.45, 7) is 2.95. The molecule has 3 heterocycles. The van der Waals surface area contributed by atoms with Crippen LogP contribution in [0.2, 0.25) is 0 Å². The molecule has 0 radical (unpaired) electrons. The van der Waals surface area contributed by atoms with E-state index in [-0.39, 0.29) is 12.5 Å². The van der Waals surface area contributed by atoms with E-state index >= 15 is 0 Å². The van der Waals surface area contributed by atoms with Crippen LogP contribution in [-0.2, 0) is 16.0 Å². The van der Waals surface area contributed by atoms with Gasteiger partial charge in [-0.3, -0.25) is 0 Å². The maximum absolute atomic E-state index is 12.5. The number of aliphatic hydroxyl groups is 1. The fourth-order valence-corrected chi connectivity index (χ4v) is 5.15. The summed E-state index contributed by atoms with van der Waals surface area (Å²) in [7, 11) is 3.04. The van der Waals surface area contributed by atoms with Crippen LogP contribution in [0.5, 0.6) is 0 Å². The lowest BCUT2D eigenvalue weighted by atomic mass is 10.1. The van der Waals surface area contributed by atoms with Gasteiger partial charge in [0.05, 0.1) is 41.6 Å². The van der Waals surface area contributed by atoms with Crippen LogP contribution in [0.25, 0.3) is 21.5 Å². The molecule has 0 amide bonds. The minimum absolute atomic E-state index is 0.139. The Balaban J connectivity index is 1.74. The number of carbonyl (C=O) groups excluding carboxylic acids is 1. The molecule has 160 valence electrons. The molecule has 1 fully saturated rings. The lowest BCUT2D eigenvalue weighted by Crippen LogP contribution is -2.22. The molecule has 2 aromatic heterocycles. The third-order valence-corrected chi connectivity index (χ3v) is 6.88. The smallest absolute Gasteiger partial charge is 0.343 e. The van der Waals surface area contributed by atoms with Gasteiger partial charge in [0.1, 0.15) is 10.6 Å². The SMILES string of the molecule is COCCn1cnc2cc(-c3sc(N4CCC(CO)C4)c(C(=O)OC)c3N)ccc21. The number of fused-ring (bicyclic) bond motifs is 1. The van der Waals surface area contributed by atoms with Gasteiger partial charge in [-0.1, -0.05) is 6.07 Å². The highest BCUT2D eigenvalue weighted by Gasteiger charge is 2.31. The van der Waals surface area contributed by atoms with E-state index in [1.54, 1.807) is 13.4 Å². The zero-order valence-corrected chi connectivity index (χ0v) is 17.9. The Morgan fingerprint density at radius 2 is 2.23 bits per heavy atom. The number of imidazole rings is 1. The third kappa shape index (κ3) is 3.64. The number of benzene rings is 1. The molecule has 1 unspecified atom stereocenters. The Morgan fingerprint density at radius 1 is 1.40 bits per heavy atom. The number of nitrogens with zero attached hydrogens (tertiary/aromatic N) is 3. The average Bonchev–Trinajstić information content (AvgIpc) is 3.48. The van der Waals surface area contributed by atoms with Crippen LogP contribution in [0.15, 0.2) is 24.5 Å². The molecule has 1 aliphatic heterocycles. The van der Waals surface area contributed by atoms with Gasteiger partial charge in [-0.15, -0.1) is 11.3 Å². The van der Waals surface area contributed by atoms with Crippen LogP contribution in [0.4, 0.5) is 10.7 Å². The molecule has 0 aliphatic carbocycles. The summed E-state index contributed by atoms with van der Waals surface area (Å²) < 4.78 is 12.2. The number of hydrogen-bond acceptors (Lipinski definition) is 8. The highest BCUT2D eigenvalue weighted by molar-refractivity contribution is 7.20. The van der Waals surface area contributed by atoms with Crippen LogP contribution in [-0.4, -0.2) is 61.1 Å². The van der Waals surface area contributed by atoms with E-state index in [2.05, 4.69) is 9.88 Å². The minimum atomic E-state index is -0.442. The second-order valence-electron chi connectivity index (χ2n) is 7.43. The number of hydrogen-bond donors (Lipinski definition) is 2. The number of esters is 1. The molecule has 0 bridgehead atoms. The van der Waals surface area contributed by atoms with Gasteiger partial charge in [0.2, 0.25) is 0 Å². The maximum Gasteiger partial charge on any atom is 0.343 e. The summed E-state index contributed by atoms with van der Waals surface area (Å²) in [5.41, 5.74) is 10.1. The average molecular weight is 431 g/mol. The summed E-state index contributed by atoms with van der Waals surface area (Å²) >= 11 is 1.49. The molecule has 1 atom stereocenters. The van der Waals surface area contributed by atoms with Crippen LogP contribution in [0.3, 0.4) is 0 Å². The van der Waals surface area contributed by atoms with E-state index in [1.165, 1.54) is 18.4 Å². The quantitative estimate of drug-likeness (QED) is 0.556. The highest BCUT2D eigenvalue weighted by atomic mass is 32.1. The third-order valence-electron chi connectivity index (χ3n) is 5.57. The monoisotopic (exact) mass is 430 g/mol. The van der Waals surface area contributed by atoms with Gasteiger partial charge in [-0.25, -0.2) is 9.78 Å². The minimum Gasteiger partial charge on any atom is -0.465 e. The van der Waals surface area contributed by atoms with Crippen molar-refractivity contribution in [2.24, 2.45) is 5.92 Å². The molecule has 8 nitrogen and oxygen atoms in total. The number of aromatic nitrogens is 2. The number of thiophene rings is 1. The molecule has 9 heteroatoms. The number of ether oxygens (including phenoxy) is 2. The topological polar surface area (TPSA) is 103 Å². The van der Waals surface area contributed by atoms with Crippen molar-refractivity contribution in [1.82, 2.24) is 9.55 Å². The number of nitrogens with two attached hydrogens (primary N) is 1. The molecule has 1 aliphatic rings. The van der Waals surface area contributed by atoms with Crippen LogP contribution in [0, 0.1) is 5.92 Å². The first-order chi connectivity index (χ1) is 14.6. The molecular weight excluding hydrogens is 404 g/mol. The second-order valence-corrected chi connectivity index (χ2v) is 8.43. The van der Waals surface area contributed by atoms with Crippen molar-refractivity contribution in [2.45, 2.75) is 13.0 Å². The Bertz CT molecular complexity index is 1060. The highest BCUT2D eigenvalue weighted by Crippen LogP contribution is 2.46. The molecule has 3 aromatic rings. The summed E-state index contributed by atoms with van der Waals surface area (Å²) in [6, 6.07) is 6.01. The van der Waals surface area contributed by atoms with Gasteiger partial charge in [0.25, 0.3) is 0 Å². The Kier molecular flexibility index (Phi) is 5.94. The molecule has 0 saturated carbocycles. The van der Waals surface area contributed by atoms with Crippen LogP contribution in [0.1, 0.15) is 16.8 Å².